The maximum atomic E-state index is 12.0. The standard InChI is InChI=1S/C32H55NO10Si/c1-20(15-21(2)30(27(19-34)39-9)43-44(13,14)32(4,5)6)29(41-11)26(38-8)16-22(3)28(40-10)24-17-23(37-7)18-25(33(35)36)31(24)42-12/h15,17-20,22,26-30H,16H2,1-14H3/b21-15+/t20-,22-,26-,27-,28+,29+,30-/m0/s1. The number of nitro benzene ring substituents is 1. The molecule has 252 valence electrons. The number of nitro groups is 1. The van der Waals surface area contributed by atoms with Crippen LogP contribution in [0.4, 0.5) is 5.69 Å². The first-order valence-electron chi connectivity index (χ1n) is 14.8. The minimum absolute atomic E-state index is 0.0611. The summed E-state index contributed by atoms with van der Waals surface area (Å²) in [5.74, 6) is 0.130. The highest BCUT2D eigenvalue weighted by Crippen LogP contribution is 2.43. The zero-order valence-electron chi connectivity index (χ0n) is 29.1. The molecule has 0 aliphatic rings. The van der Waals surface area contributed by atoms with E-state index >= 15 is 0 Å². The van der Waals surface area contributed by atoms with Crippen LogP contribution < -0.4 is 9.47 Å². The van der Waals surface area contributed by atoms with Crippen molar-refractivity contribution in [1.29, 1.82) is 0 Å². The molecule has 1 aromatic rings. The predicted molar refractivity (Wildman–Crippen MR) is 173 cm³/mol. The molecule has 0 unspecified atom stereocenters. The van der Waals surface area contributed by atoms with Crippen LogP contribution in [0.3, 0.4) is 0 Å². The summed E-state index contributed by atoms with van der Waals surface area (Å²) in [7, 11) is 6.92. The number of hydrogen-bond acceptors (Lipinski definition) is 10. The summed E-state index contributed by atoms with van der Waals surface area (Å²) in [5.41, 5.74) is 1.17. The largest absolute Gasteiger partial charge is 0.496 e. The Kier molecular flexibility index (Phi) is 15.7. The Balaban J connectivity index is 3.42. The summed E-state index contributed by atoms with van der Waals surface area (Å²) in [4.78, 5) is 23.3. The second-order valence-corrected chi connectivity index (χ2v) is 17.5. The summed E-state index contributed by atoms with van der Waals surface area (Å²) < 4.78 is 40.9. The molecule has 7 atom stereocenters. The van der Waals surface area contributed by atoms with Crippen molar-refractivity contribution >= 4 is 20.3 Å². The van der Waals surface area contributed by atoms with Gasteiger partial charge >= 0.3 is 5.69 Å². The molecular weight excluding hydrogens is 586 g/mol. The molecule has 11 nitrogen and oxygen atoms in total. The SMILES string of the molecule is COc1cc([C@H](OC)[C@@H](C)C[C@H](OC)[C@H](OC)[C@@H](C)/C=C(\C)[C@H](O[Si](C)(C)C(C)(C)C)[C@H](C=O)OC)c(OC)c([N+](=O)[O-])c1. The summed E-state index contributed by atoms with van der Waals surface area (Å²) in [6.45, 7) is 16.7. The van der Waals surface area contributed by atoms with Gasteiger partial charge in [0.1, 0.15) is 11.9 Å². The number of rotatable bonds is 19. The van der Waals surface area contributed by atoms with Crippen LogP contribution in [0.15, 0.2) is 23.8 Å². The number of aldehydes is 1. The Morgan fingerprint density at radius 3 is 2.00 bits per heavy atom. The minimum Gasteiger partial charge on any atom is -0.496 e. The van der Waals surface area contributed by atoms with E-state index in [1.165, 1.54) is 27.4 Å². The maximum absolute atomic E-state index is 12.0. The number of carbonyl (C=O) groups is 1. The van der Waals surface area contributed by atoms with Gasteiger partial charge in [0.2, 0.25) is 5.75 Å². The minimum atomic E-state index is -2.25. The van der Waals surface area contributed by atoms with E-state index in [4.69, 9.17) is 32.8 Å². The Hall–Kier alpha value is -2.35. The van der Waals surface area contributed by atoms with Crippen molar-refractivity contribution in [2.24, 2.45) is 11.8 Å². The van der Waals surface area contributed by atoms with Gasteiger partial charge in [0, 0.05) is 39.9 Å². The molecule has 1 aromatic carbocycles. The molecule has 12 heteroatoms. The first-order chi connectivity index (χ1) is 20.5. The average Bonchev–Trinajstić information content (AvgIpc) is 2.96. The molecule has 0 saturated carbocycles. The lowest BCUT2D eigenvalue weighted by Crippen LogP contribution is -2.48. The van der Waals surface area contributed by atoms with Gasteiger partial charge in [-0.05, 0) is 49.0 Å². The molecule has 0 bridgehead atoms. The molecular formula is C32H55NO10Si. The van der Waals surface area contributed by atoms with E-state index in [1.807, 2.05) is 20.8 Å². The van der Waals surface area contributed by atoms with E-state index in [1.54, 1.807) is 27.4 Å². The number of carbonyl (C=O) groups excluding carboxylic acids is 1. The van der Waals surface area contributed by atoms with Gasteiger partial charge in [-0.15, -0.1) is 0 Å². The maximum Gasteiger partial charge on any atom is 0.315 e. The van der Waals surface area contributed by atoms with Gasteiger partial charge in [-0.1, -0.05) is 40.7 Å². The van der Waals surface area contributed by atoms with E-state index in [9.17, 15) is 14.9 Å². The van der Waals surface area contributed by atoms with Crippen molar-refractivity contribution in [3.8, 4) is 11.5 Å². The van der Waals surface area contributed by atoms with Crippen LogP contribution >= 0.6 is 0 Å². The van der Waals surface area contributed by atoms with E-state index in [-0.39, 0.29) is 40.5 Å². The molecule has 0 aliphatic carbocycles. The van der Waals surface area contributed by atoms with Crippen molar-refractivity contribution < 1.29 is 42.6 Å². The van der Waals surface area contributed by atoms with E-state index in [2.05, 4.69) is 39.9 Å². The van der Waals surface area contributed by atoms with E-state index < -0.39 is 31.6 Å². The van der Waals surface area contributed by atoms with Gasteiger partial charge in [-0.3, -0.25) is 10.1 Å². The fraction of sp³-hybridized carbons (Fsp3) is 0.719. The number of ether oxygens (including phenoxy) is 6. The fourth-order valence-corrected chi connectivity index (χ4v) is 6.60. The predicted octanol–water partition coefficient (Wildman–Crippen LogP) is 6.54. The molecule has 44 heavy (non-hydrogen) atoms. The zero-order chi connectivity index (χ0) is 34.0. The Bertz CT molecular complexity index is 1100. The smallest absolute Gasteiger partial charge is 0.315 e. The third-order valence-electron chi connectivity index (χ3n) is 8.76. The molecule has 0 aliphatic heterocycles. The molecule has 0 spiro atoms. The number of methoxy groups -OCH3 is 6. The van der Waals surface area contributed by atoms with Crippen molar-refractivity contribution in [2.75, 3.05) is 42.7 Å². The quantitative estimate of drug-likeness (QED) is 0.0540. The van der Waals surface area contributed by atoms with Gasteiger partial charge in [0.25, 0.3) is 0 Å². The summed E-state index contributed by atoms with van der Waals surface area (Å²) in [6, 6.07) is 3.03. The number of nitrogens with zero attached hydrogens (tertiary/aromatic N) is 1. The molecule has 0 radical (unpaired) electrons. The van der Waals surface area contributed by atoms with Crippen molar-refractivity contribution in [3.05, 3.63) is 39.5 Å². The van der Waals surface area contributed by atoms with Gasteiger partial charge in [-0.25, -0.2) is 0 Å². The van der Waals surface area contributed by atoms with Crippen LogP contribution in [0.2, 0.25) is 18.1 Å². The molecule has 0 saturated heterocycles. The molecule has 0 aromatic heterocycles. The molecule has 0 amide bonds. The summed E-state index contributed by atoms with van der Waals surface area (Å²) >= 11 is 0. The number of hydrogen-bond donors (Lipinski definition) is 0. The fourth-order valence-electron chi connectivity index (χ4n) is 5.29. The average molecular weight is 642 g/mol. The van der Waals surface area contributed by atoms with Gasteiger partial charge in [-0.2, -0.15) is 0 Å². The molecule has 0 heterocycles. The van der Waals surface area contributed by atoms with Gasteiger partial charge in [0.05, 0.1) is 49.6 Å². The number of benzene rings is 1. The Morgan fingerprint density at radius 1 is 0.977 bits per heavy atom. The van der Waals surface area contributed by atoms with Crippen molar-refractivity contribution in [3.63, 3.8) is 0 Å². The van der Waals surface area contributed by atoms with E-state index in [0.717, 1.165) is 11.9 Å². The monoisotopic (exact) mass is 641 g/mol. The lowest BCUT2D eigenvalue weighted by molar-refractivity contribution is -0.385. The summed E-state index contributed by atoms with van der Waals surface area (Å²) in [5, 5.41) is 11.7. The Labute approximate surface area is 264 Å². The Morgan fingerprint density at radius 2 is 1.59 bits per heavy atom. The highest BCUT2D eigenvalue weighted by atomic mass is 28.4. The van der Waals surface area contributed by atoms with Crippen LogP contribution in [0.25, 0.3) is 0 Å². The van der Waals surface area contributed by atoms with Crippen molar-refractivity contribution in [2.45, 2.75) is 96.6 Å². The highest BCUT2D eigenvalue weighted by Gasteiger charge is 2.42. The topological polar surface area (TPSA) is 125 Å². The second kappa shape index (κ2) is 17.4. The first kappa shape index (κ1) is 39.7. The molecule has 0 N–H and O–H groups in total. The molecule has 1 rings (SSSR count). The van der Waals surface area contributed by atoms with Gasteiger partial charge in [0.15, 0.2) is 14.6 Å². The van der Waals surface area contributed by atoms with Gasteiger partial charge < -0.3 is 37.6 Å². The third kappa shape index (κ3) is 9.82. The van der Waals surface area contributed by atoms with Crippen LogP contribution in [0.1, 0.15) is 59.6 Å². The first-order valence-corrected chi connectivity index (χ1v) is 17.7. The van der Waals surface area contributed by atoms with Crippen LogP contribution in [-0.4, -0.2) is 86.6 Å². The molecule has 0 fully saturated rings. The van der Waals surface area contributed by atoms with Crippen LogP contribution in [0, 0.1) is 22.0 Å². The zero-order valence-corrected chi connectivity index (χ0v) is 30.1. The van der Waals surface area contributed by atoms with Crippen LogP contribution in [-0.2, 0) is 28.2 Å². The van der Waals surface area contributed by atoms with Crippen LogP contribution in [0.5, 0.6) is 11.5 Å². The third-order valence-corrected chi connectivity index (χ3v) is 13.2. The second-order valence-electron chi connectivity index (χ2n) is 12.8. The normalized spacial score (nSPS) is 17.6. The van der Waals surface area contributed by atoms with E-state index in [0.29, 0.717) is 17.7 Å². The van der Waals surface area contributed by atoms with Crippen molar-refractivity contribution in [1.82, 2.24) is 0 Å². The highest BCUT2D eigenvalue weighted by molar-refractivity contribution is 6.74. The summed E-state index contributed by atoms with van der Waals surface area (Å²) in [6.07, 6.45) is 0.722. The lowest BCUT2D eigenvalue weighted by atomic mass is 9.86. The lowest BCUT2D eigenvalue weighted by Gasteiger charge is -2.41.